The van der Waals surface area contributed by atoms with Crippen LogP contribution in [0, 0.1) is 11.8 Å². The Morgan fingerprint density at radius 1 is 1.13 bits per heavy atom. The fraction of sp³-hybridized carbons (Fsp3) is 0.769. The molecule has 1 rings (SSSR count). The molecule has 0 aromatic rings. The Bertz CT molecular complexity index is 296. The second kappa shape index (κ2) is 3.99. The van der Waals surface area contributed by atoms with Crippen LogP contribution in [0.2, 0.25) is 0 Å². The molecule has 1 aliphatic heterocycles. The lowest BCUT2D eigenvalue weighted by Gasteiger charge is -2.35. The maximum Gasteiger partial charge on any atom is 0.334 e. The van der Waals surface area contributed by atoms with Gasteiger partial charge in [0.05, 0.1) is 0 Å². The van der Waals surface area contributed by atoms with Crippen LogP contribution in [0.1, 0.15) is 48.0 Å². The monoisotopic (exact) mass is 210 g/mol. The van der Waals surface area contributed by atoms with Crippen LogP contribution in [0.25, 0.3) is 0 Å². The van der Waals surface area contributed by atoms with Gasteiger partial charge >= 0.3 is 5.97 Å². The highest BCUT2D eigenvalue weighted by Crippen LogP contribution is 2.36. The minimum Gasteiger partial charge on any atom is -0.456 e. The molecule has 0 aromatic carbocycles. The molecule has 0 unspecified atom stereocenters. The van der Waals surface area contributed by atoms with Crippen molar-refractivity contribution in [1.82, 2.24) is 0 Å². The average molecular weight is 210 g/mol. The van der Waals surface area contributed by atoms with Crippen LogP contribution in [0.3, 0.4) is 0 Å². The van der Waals surface area contributed by atoms with Crippen molar-refractivity contribution >= 4 is 5.97 Å². The molecule has 15 heavy (non-hydrogen) atoms. The Morgan fingerprint density at radius 2 is 1.67 bits per heavy atom. The van der Waals surface area contributed by atoms with Crippen molar-refractivity contribution < 1.29 is 9.53 Å². The molecular formula is C13H22O2. The van der Waals surface area contributed by atoms with Gasteiger partial charge in [0.25, 0.3) is 0 Å². The van der Waals surface area contributed by atoms with Crippen molar-refractivity contribution in [3.05, 3.63) is 11.1 Å². The zero-order valence-corrected chi connectivity index (χ0v) is 10.7. The first kappa shape index (κ1) is 12.3. The summed E-state index contributed by atoms with van der Waals surface area (Å²) in [6.45, 7) is 12.3. The Balaban J connectivity index is 3.17. The summed E-state index contributed by atoms with van der Waals surface area (Å²) in [6, 6.07) is 0. The third-order valence-corrected chi connectivity index (χ3v) is 2.83. The predicted octanol–water partition coefficient (Wildman–Crippen LogP) is 3.32. The molecule has 1 aliphatic rings. The number of carbonyl (C=O) groups excluding carboxylic acids is 1. The Morgan fingerprint density at radius 3 is 2.07 bits per heavy atom. The fourth-order valence-electron chi connectivity index (χ4n) is 2.15. The van der Waals surface area contributed by atoms with E-state index in [0.29, 0.717) is 5.92 Å². The summed E-state index contributed by atoms with van der Waals surface area (Å²) in [5, 5.41) is 0. The van der Waals surface area contributed by atoms with Crippen molar-refractivity contribution in [2.24, 2.45) is 11.8 Å². The SMILES string of the molecule is CC(C)C1=C(C(C)C)C(=O)OC(C)(C)C1. The van der Waals surface area contributed by atoms with Crippen molar-refractivity contribution in [1.29, 1.82) is 0 Å². The van der Waals surface area contributed by atoms with E-state index in [9.17, 15) is 4.79 Å². The van der Waals surface area contributed by atoms with Crippen LogP contribution in [0.5, 0.6) is 0 Å². The highest BCUT2D eigenvalue weighted by molar-refractivity contribution is 5.91. The van der Waals surface area contributed by atoms with Crippen LogP contribution in [0.15, 0.2) is 11.1 Å². The highest BCUT2D eigenvalue weighted by Gasteiger charge is 2.35. The van der Waals surface area contributed by atoms with Gasteiger partial charge in [-0.05, 0) is 25.7 Å². The van der Waals surface area contributed by atoms with Crippen molar-refractivity contribution in [3.8, 4) is 0 Å². The van der Waals surface area contributed by atoms with Gasteiger partial charge in [-0.3, -0.25) is 0 Å². The zero-order valence-electron chi connectivity index (χ0n) is 10.7. The molecule has 0 N–H and O–H groups in total. The number of esters is 1. The van der Waals surface area contributed by atoms with Crippen LogP contribution in [-0.2, 0) is 9.53 Å². The first-order chi connectivity index (χ1) is 6.74. The lowest BCUT2D eigenvalue weighted by Crippen LogP contribution is -2.36. The van der Waals surface area contributed by atoms with E-state index >= 15 is 0 Å². The molecule has 0 amide bonds. The minimum absolute atomic E-state index is 0.120. The van der Waals surface area contributed by atoms with Gasteiger partial charge in [-0.1, -0.05) is 33.3 Å². The summed E-state index contributed by atoms with van der Waals surface area (Å²) < 4.78 is 5.43. The summed E-state index contributed by atoms with van der Waals surface area (Å²) in [6.07, 6.45) is 0.865. The van der Waals surface area contributed by atoms with Crippen LogP contribution in [-0.4, -0.2) is 11.6 Å². The lowest BCUT2D eigenvalue weighted by molar-refractivity contribution is -0.154. The molecule has 1 heterocycles. The molecule has 0 aromatic heterocycles. The third-order valence-electron chi connectivity index (χ3n) is 2.83. The van der Waals surface area contributed by atoms with Gasteiger partial charge in [-0.2, -0.15) is 0 Å². The maximum absolute atomic E-state index is 11.9. The number of rotatable bonds is 2. The van der Waals surface area contributed by atoms with E-state index in [2.05, 4.69) is 27.7 Å². The van der Waals surface area contributed by atoms with E-state index in [1.165, 1.54) is 5.57 Å². The standard InChI is InChI=1S/C13H22O2/c1-8(2)10-7-13(5,6)15-12(14)11(10)9(3)4/h8-9H,7H2,1-6H3. The van der Waals surface area contributed by atoms with Crippen molar-refractivity contribution in [2.45, 2.75) is 53.6 Å². The summed E-state index contributed by atoms with van der Waals surface area (Å²) in [5.74, 6) is 0.561. The molecule has 0 aliphatic carbocycles. The van der Waals surface area contributed by atoms with E-state index in [0.717, 1.165) is 12.0 Å². The number of ether oxygens (including phenoxy) is 1. The molecule has 0 bridgehead atoms. The molecule has 86 valence electrons. The van der Waals surface area contributed by atoms with Gasteiger partial charge in [-0.25, -0.2) is 4.79 Å². The van der Waals surface area contributed by atoms with Gasteiger partial charge in [0.2, 0.25) is 0 Å². The van der Waals surface area contributed by atoms with E-state index in [-0.39, 0.29) is 17.5 Å². The minimum atomic E-state index is -0.338. The summed E-state index contributed by atoms with van der Waals surface area (Å²) in [7, 11) is 0. The van der Waals surface area contributed by atoms with Crippen LogP contribution in [0.4, 0.5) is 0 Å². The molecule has 0 spiro atoms. The van der Waals surface area contributed by atoms with E-state index in [1.54, 1.807) is 0 Å². The number of cyclic esters (lactones) is 1. The van der Waals surface area contributed by atoms with Crippen molar-refractivity contribution in [2.75, 3.05) is 0 Å². The van der Waals surface area contributed by atoms with Gasteiger partial charge in [-0.15, -0.1) is 0 Å². The highest BCUT2D eigenvalue weighted by atomic mass is 16.6. The first-order valence-electron chi connectivity index (χ1n) is 5.71. The second-order valence-corrected chi connectivity index (χ2v) is 5.57. The maximum atomic E-state index is 11.9. The topological polar surface area (TPSA) is 26.3 Å². The largest absolute Gasteiger partial charge is 0.456 e. The fourth-order valence-corrected chi connectivity index (χ4v) is 2.15. The van der Waals surface area contributed by atoms with E-state index in [4.69, 9.17) is 4.74 Å². The van der Waals surface area contributed by atoms with Gasteiger partial charge in [0, 0.05) is 12.0 Å². The summed E-state index contributed by atoms with van der Waals surface area (Å²) in [5.41, 5.74) is 1.82. The van der Waals surface area contributed by atoms with E-state index < -0.39 is 0 Å². The first-order valence-corrected chi connectivity index (χ1v) is 5.71. The molecular weight excluding hydrogens is 188 g/mol. The third kappa shape index (κ3) is 2.61. The molecule has 0 atom stereocenters. The number of carbonyl (C=O) groups is 1. The molecule has 0 radical (unpaired) electrons. The summed E-state index contributed by atoms with van der Waals surface area (Å²) in [4.78, 5) is 11.9. The van der Waals surface area contributed by atoms with Crippen LogP contribution >= 0.6 is 0 Å². The van der Waals surface area contributed by atoms with Gasteiger partial charge < -0.3 is 4.74 Å². The Hall–Kier alpha value is -0.790. The van der Waals surface area contributed by atoms with Gasteiger partial charge in [0.1, 0.15) is 5.60 Å². The molecule has 0 saturated heterocycles. The Kier molecular flexibility index (Phi) is 3.27. The zero-order chi connectivity index (χ0) is 11.8. The molecule has 0 fully saturated rings. The van der Waals surface area contributed by atoms with E-state index in [1.807, 2.05) is 13.8 Å². The smallest absolute Gasteiger partial charge is 0.334 e. The normalized spacial score (nSPS) is 21.2. The predicted molar refractivity (Wildman–Crippen MR) is 61.5 cm³/mol. The molecule has 0 saturated carbocycles. The number of hydrogen-bond acceptors (Lipinski definition) is 2. The average Bonchev–Trinajstić information content (AvgIpc) is 1.99. The van der Waals surface area contributed by atoms with Crippen LogP contribution < -0.4 is 0 Å². The number of hydrogen-bond donors (Lipinski definition) is 0. The quantitative estimate of drug-likeness (QED) is 0.653. The van der Waals surface area contributed by atoms with Gasteiger partial charge in [0.15, 0.2) is 0 Å². The van der Waals surface area contributed by atoms with Crippen molar-refractivity contribution in [3.63, 3.8) is 0 Å². The second-order valence-electron chi connectivity index (χ2n) is 5.57. The Labute approximate surface area is 92.7 Å². The lowest BCUT2D eigenvalue weighted by atomic mass is 9.81. The molecule has 2 heteroatoms. The summed E-state index contributed by atoms with van der Waals surface area (Å²) >= 11 is 0. The molecule has 2 nitrogen and oxygen atoms in total.